The highest BCUT2D eigenvalue weighted by molar-refractivity contribution is 5.72. The van der Waals surface area contributed by atoms with Crippen LogP contribution < -0.4 is 5.73 Å². The Kier molecular flexibility index (Phi) is 6.74. The maximum atomic E-state index is 10.3. The summed E-state index contributed by atoms with van der Waals surface area (Å²) in [4.78, 5) is 20.4. The van der Waals surface area contributed by atoms with Crippen LogP contribution >= 0.6 is 0 Å². The third kappa shape index (κ3) is 7.54. The van der Waals surface area contributed by atoms with Gasteiger partial charge in [0.1, 0.15) is 6.04 Å². The molecule has 0 aliphatic rings. The Labute approximate surface area is 82.9 Å². The lowest BCUT2D eigenvalue weighted by atomic mass is 10.1. The summed E-state index contributed by atoms with van der Waals surface area (Å²) in [5.74, 6) is -1.76. The molecule has 82 valence electrons. The predicted octanol–water partition coefficient (Wildman–Crippen LogP) is 0.823. The monoisotopic (exact) mass is 203 g/mol. The predicted molar refractivity (Wildman–Crippen MR) is 50.9 cm³/mol. The quantitative estimate of drug-likeness (QED) is 0.507. The standard InChI is InChI=1S/C9H17NO4/c10-7(9(13)14)5-3-1-2-4-6-8(11)12/h7H,1-6,10H2,(H,11,12)(H,13,14)/t7-/m0/s1. The van der Waals surface area contributed by atoms with E-state index >= 15 is 0 Å². The molecule has 5 heteroatoms. The molecular formula is C9H17NO4. The zero-order valence-electron chi connectivity index (χ0n) is 8.11. The molecular weight excluding hydrogens is 186 g/mol. The Hall–Kier alpha value is -1.10. The molecule has 4 N–H and O–H groups in total. The summed E-state index contributed by atoms with van der Waals surface area (Å²) >= 11 is 0. The minimum absolute atomic E-state index is 0.186. The number of unbranched alkanes of at least 4 members (excludes halogenated alkanes) is 3. The van der Waals surface area contributed by atoms with E-state index in [0.717, 1.165) is 19.3 Å². The Morgan fingerprint density at radius 2 is 1.64 bits per heavy atom. The molecule has 0 amide bonds. The van der Waals surface area contributed by atoms with Gasteiger partial charge in [-0.3, -0.25) is 9.59 Å². The van der Waals surface area contributed by atoms with Gasteiger partial charge in [0.2, 0.25) is 0 Å². The van der Waals surface area contributed by atoms with Gasteiger partial charge in [-0.1, -0.05) is 19.3 Å². The first-order chi connectivity index (χ1) is 6.54. The number of carbonyl (C=O) groups is 2. The summed E-state index contributed by atoms with van der Waals surface area (Å²) < 4.78 is 0. The molecule has 0 bridgehead atoms. The Bertz CT molecular complexity index is 193. The summed E-state index contributed by atoms with van der Waals surface area (Å²) in [6, 6.07) is -0.783. The first-order valence-corrected chi connectivity index (χ1v) is 4.74. The molecule has 1 atom stereocenters. The number of rotatable bonds is 8. The topological polar surface area (TPSA) is 101 Å². The molecule has 14 heavy (non-hydrogen) atoms. The maximum Gasteiger partial charge on any atom is 0.320 e. The van der Waals surface area contributed by atoms with Gasteiger partial charge in [0, 0.05) is 6.42 Å². The Morgan fingerprint density at radius 3 is 2.14 bits per heavy atom. The molecule has 0 heterocycles. The molecule has 0 radical (unpaired) electrons. The molecule has 5 nitrogen and oxygen atoms in total. The molecule has 0 aromatic rings. The van der Waals surface area contributed by atoms with Gasteiger partial charge in [0.25, 0.3) is 0 Å². The van der Waals surface area contributed by atoms with Gasteiger partial charge < -0.3 is 15.9 Å². The van der Waals surface area contributed by atoms with Crippen molar-refractivity contribution in [2.45, 2.75) is 44.6 Å². The van der Waals surface area contributed by atoms with E-state index < -0.39 is 18.0 Å². The number of carboxylic acids is 2. The molecule has 0 aliphatic carbocycles. The van der Waals surface area contributed by atoms with Crippen LogP contribution in [0.1, 0.15) is 38.5 Å². The van der Waals surface area contributed by atoms with Crippen LogP contribution in [-0.4, -0.2) is 28.2 Å². The second-order valence-corrected chi connectivity index (χ2v) is 3.29. The van der Waals surface area contributed by atoms with E-state index in [9.17, 15) is 9.59 Å². The number of nitrogens with two attached hydrogens (primary N) is 1. The van der Waals surface area contributed by atoms with E-state index in [2.05, 4.69) is 0 Å². The van der Waals surface area contributed by atoms with Crippen LogP contribution in [0.3, 0.4) is 0 Å². The summed E-state index contributed by atoms with van der Waals surface area (Å²) in [5.41, 5.74) is 5.29. The van der Waals surface area contributed by atoms with Gasteiger partial charge in [-0.05, 0) is 12.8 Å². The van der Waals surface area contributed by atoms with Crippen molar-refractivity contribution in [1.82, 2.24) is 0 Å². The molecule has 0 saturated carbocycles. The maximum absolute atomic E-state index is 10.3. The summed E-state index contributed by atoms with van der Waals surface area (Å²) in [5, 5.41) is 16.8. The van der Waals surface area contributed by atoms with Gasteiger partial charge in [-0.15, -0.1) is 0 Å². The lowest BCUT2D eigenvalue weighted by Crippen LogP contribution is -2.29. The van der Waals surface area contributed by atoms with Crippen molar-refractivity contribution in [2.24, 2.45) is 5.73 Å². The SMILES string of the molecule is N[C@@H](CCCCCCC(=O)O)C(=O)O. The Morgan fingerprint density at radius 1 is 1.07 bits per heavy atom. The van der Waals surface area contributed by atoms with Crippen molar-refractivity contribution in [2.75, 3.05) is 0 Å². The third-order valence-corrected chi connectivity index (χ3v) is 1.97. The second-order valence-electron chi connectivity index (χ2n) is 3.29. The van der Waals surface area contributed by atoms with Crippen molar-refractivity contribution >= 4 is 11.9 Å². The van der Waals surface area contributed by atoms with Crippen LogP contribution in [-0.2, 0) is 9.59 Å². The average Bonchev–Trinajstić information content (AvgIpc) is 2.09. The van der Waals surface area contributed by atoms with Gasteiger partial charge in [-0.25, -0.2) is 0 Å². The first-order valence-electron chi connectivity index (χ1n) is 4.74. The van der Waals surface area contributed by atoms with E-state index in [0.29, 0.717) is 12.8 Å². The van der Waals surface area contributed by atoms with Gasteiger partial charge in [-0.2, -0.15) is 0 Å². The van der Waals surface area contributed by atoms with Crippen molar-refractivity contribution in [3.05, 3.63) is 0 Å². The number of carboxylic acid groups (broad SMARTS) is 2. The molecule has 0 saturated heterocycles. The smallest absolute Gasteiger partial charge is 0.320 e. The molecule has 0 fully saturated rings. The van der Waals surface area contributed by atoms with Crippen molar-refractivity contribution in [3.63, 3.8) is 0 Å². The fourth-order valence-corrected chi connectivity index (χ4v) is 1.12. The fraction of sp³-hybridized carbons (Fsp3) is 0.778. The largest absolute Gasteiger partial charge is 0.481 e. The molecule has 0 spiro atoms. The normalized spacial score (nSPS) is 12.4. The van der Waals surface area contributed by atoms with Gasteiger partial charge >= 0.3 is 11.9 Å². The molecule has 0 aromatic heterocycles. The highest BCUT2D eigenvalue weighted by Crippen LogP contribution is 2.06. The lowest BCUT2D eigenvalue weighted by molar-refractivity contribution is -0.139. The van der Waals surface area contributed by atoms with E-state index in [1.54, 1.807) is 0 Å². The van der Waals surface area contributed by atoms with Gasteiger partial charge in [0.15, 0.2) is 0 Å². The van der Waals surface area contributed by atoms with Crippen molar-refractivity contribution in [3.8, 4) is 0 Å². The van der Waals surface area contributed by atoms with Crippen LogP contribution in [0, 0.1) is 0 Å². The van der Waals surface area contributed by atoms with Crippen LogP contribution in [0.25, 0.3) is 0 Å². The summed E-state index contributed by atoms with van der Waals surface area (Å²) in [6.45, 7) is 0. The van der Waals surface area contributed by atoms with Gasteiger partial charge in [0.05, 0.1) is 0 Å². The highest BCUT2D eigenvalue weighted by atomic mass is 16.4. The van der Waals surface area contributed by atoms with Crippen LogP contribution in [0.2, 0.25) is 0 Å². The molecule has 0 unspecified atom stereocenters. The molecule has 0 aromatic carbocycles. The van der Waals surface area contributed by atoms with Crippen molar-refractivity contribution in [1.29, 1.82) is 0 Å². The Balaban J connectivity index is 3.21. The van der Waals surface area contributed by atoms with E-state index in [1.165, 1.54) is 0 Å². The van der Waals surface area contributed by atoms with Crippen molar-refractivity contribution < 1.29 is 19.8 Å². The minimum Gasteiger partial charge on any atom is -0.481 e. The van der Waals surface area contributed by atoms with Crippen LogP contribution in [0.4, 0.5) is 0 Å². The molecule has 0 rings (SSSR count). The third-order valence-electron chi connectivity index (χ3n) is 1.97. The minimum atomic E-state index is -0.976. The lowest BCUT2D eigenvalue weighted by Gasteiger charge is -2.04. The zero-order chi connectivity index (χ0) is 11.0. The fourth-order valence-electron chi connectivity index (χ4n) is 1.12. The van der Waals surface area contributed by atoms with Crippen LogP contribution in [0.15, 0.2) is 0 Å². The van der Waals surface area contributed by atoms with Crippen LogP contribution in [0.5, 0.6) is 0 Å². The molecule has 0 aliphatic heterocycles. The van der Waals surface area contributed by atoms with E-state index in [4.69, 9.17) is 15.9 Å². The first kappa shape index (κ1) is 12.9. The highest BCUT2D eigenvalue weighted by Gasteiger charge is 2.09. The van der Waals surface area contributed by atoms with E-state index in [1.807, 2.05) is 0 Å². The number of aliphatic carboxylic acids is 2. The summed E-state index contributed by atoms with van der Waals surface area (Å²) in [7, 11) is 0. The van der Waals surface area contributed by atoms with E-state index in [-0.39, 0.29) is 6.42 Å². The second kappa shape index (κ2) is 7.32. The number of hydrogen-bond donors (Lipinski definition) is 3. The summed E-state index contributed by atoms with van der Waals surface area (Å²) in [6.07, 6.45) is 3.70. The zero-order valence-corrected chi connectivity index (χ0v) is 8.11. The number of hydrogen-bond acceptors (Lipinski definition) is 3. The average molecular weight is 203 g/mol.